The summed E-state index contributed by atoms with van der Waals surface area (Å²) >= 11 is 29.8. The second-order valence-corrected chi connectivity index (χ2v) is 5.80. The first kappa shape index (κ1) is 16.7. The van der Waals surface area contributed by atoms with Crippen LogP contribution >= 0.6 is 58.0 Å². The molecule has 0 aliphatic rings. The molecule has 0 radical (unpaired) electrons. The van der Waals surface area contributed by atoms with E-state index in [-0.39, 0.29) is 41.8 Å². The van der Waals surface area contributed by atoms with Gasteiger partial charge in [-0.05, 0) is 12.1 Å². The third kappa shape index (κ3) is 2.81. The molecule has 110 valence electrons. The maximum Gasteiger partial charge on any atom is 0.336 e. The number of carboxylic acid groups (broad SMARTS) is 1. The van der Waals surface area contributed by atoms with Gasteiger partial charge in [-0.25, -0.2) is 9.18 Å². The van der Waals surface area contributed by atoms with Crippen LogP contribution in [0.15, 0.2) is 18.2 Å². The van der Waals surface area contributed by atoms with Crippen LogP contribution in [-0.2, 0) is 0 Å². The smallest absolute Gasteiger partial charge is 0.336 e. The Morgan fingerprint density at radius 2 is 1.33 bits per heavy atom. The Kier molecular flexibility index (Phi) is 4.91. The zero-order chi connectivity index (χ0) is 15.9. The molecular weight excluding hydrogens is 384 g/mol. The second kappa shape index (κ2) is 6.19. The predicted octanol–water partition coefficient (Wildman–Crippen LogP) is 6.46. The Balaban J connectivity index is 2.96. The van der Waals surface area contributed by atoms with Crippen LogP contribution in [0.4, 0.5) is 4.39 Å². The maximum atomic E-state index is 14.1. The Morgan fingerprint density at radius 1 is 0.857 bits per heavy atom. The van der Waals surface area contributed by atoms with Crippen LogP contribution in [0.3, 0.4) is 0 Å². The fourth-order valence-electron chi connectivity index (χ4n) is 1.78. The quantitative estimate of drug-likeness (QED) is 0.474. The van der Waals surface area contributed by atoms with Gasteiger partial charge < -0.3 is 5.11 Å². The molecule has 21 heavy (non-hydrogen) atoms. The summed E-state index contributed by atoms with van der Waals surface area (Å²) in [6.45, 7) is 0. The summed E-state index contributed by atoms with van der Waals surface area (Å²) in [5.74, 6) is -2.17. The third-order valence-electron chi connectivity index (χ3n) is 2.70. The first-order valence-electron chi connectivity index (χ1n) is 5.31. The van der Waals surface area contributed by atoms with Gasteiger partial charge in [-0.2, -0.15) is 0 Å². The highest BCUT2D eigenvalue weighted by atomic mass is 35.5. The lowest BCUT2D eigenvalue weighted by atomic mass is 9.98. The van der Waals surface area contributed by atoms with E-state index in [0.717, 1.165) is 6.07 Å². The number of carboxylic acids is 1. The molecule has 2 nitrogen and oxygen atoms in total. The van der Waals surface area contributed by atoms with E-state index >= 15 is 0 Å². The highest BCUT2D eigenvalue weighted by Gasteiger charge is 2.26. The van der Waals surface area contributed by atoms with Gasteiger partial charge >= 0.3 is 5.97 Å². The summed E-state index contributed by atoms with van der Waals surface area (Å²) < 4.78 is 14.1. The molecule has 0 heterocycles. The van der Waals surface area contributed by atoms with E-state index in [4.69, 9.17) is 58.0 Å². The fourth-order valence-corrected chi connectivity index (χ4v) is 3.11. The first-order chi connectivity index (χ1) is 9.77. The van der Waals surface area contributed by atoms with Gasteiger partial charge in [0.05, 0.1) is 30.7 Å². The number of halogens is 6. The number of hydrogen-bond donors (Lipinski definition) is 1. The lowest BCUT2D eigenvalue weighted by Crippen LogP contribution is -2.02. The minimum atomic E-state index is -1.35. The van der Waals surface area contributed by atoms with Crippen molar-refractivity contribution in [3.05, 3.63) is 54.7 Å². The first-order valence-corrected chi connectivity index (χ1v) is 7.20. The van der Waals surface area contributed by atoms with E-state index in [0.29, 0.717) is 0 Å². The lowest BCUT2D eigenvalue weighted by Gasteiger charge is -2.15. The van der Waals surface area contributed by atoms with Crippen LogP contribution < -0.4 is 0 Å². The average Bonchev–Trinajstić information content (AvgIpc) is 2.44. The Labute approximate surface area is 143 Å². The zero-order valence-corrected chi connectivity index (χ0v) is 13.6. The van der Waals surface area contributed by atoms with E-state index < -0.39 is 11.8 Å². The molecule has 1 N–H and O–H groups in total. The molecule has 2 aromatic carbocycles. The highest BCUT2D eigenvalue weighted by Crippen LogP contribution is 2.49. The third-order valence-corrected chi connectivity index (χ3v) is 4.98. The van der Waals surface area contributed by atoms with Gasteiger partial charge in [-0.1, -0.05) is 64.1 Å². The molecule has 2 rings (SSSR count). The minimum Gasteiger partial charge on any atom is -0.478 e. The normalized spacial score (nSPS) is 10.8. The van der Waals surface area contributed by atoms with Crippen LogP contribution in [0.2, 0.25) is 25.1 Å². The van der Waals surface area contributed by atoms with E-state index in [1.54, 1.807) is 0 Å². The summed E-state index contributed by atoms with van der Waals surface area (Å²) in [4.78, 5) is 11.3. The predicted molar refractivity (Wildman–Crippen MR) is 83.8 cm³/mol. The van der Waals surface area contributed by atoms with Crippen molar-refractivity contribution < 1.29 is 14.3 Å². The van der Waals surface area contributed by atoms with E-state index in [1.165, 1.54) is 12.1 Å². The van der Waals surface area contributed by atoms with Crippen molar-refractivity contribution in [1.82, 2.24) is 0 Å². The molecule has 0 bridgehead atoms. The van der Waals surface area contributed by atoms with E-state index in [9.17, 15) is 14.3 Å². The molecule has 0 saturated heterocycles. The number of aromatic carboxylic acids is 1. The molecule has 0 aliphatic heterocycles. The average molecular weight is 388 g/mol. The Hall–Kier alpha value is -0.710. The highest BCUT2D eigenvalue weighted by molar-refractivity contribution is 6.56. The number of rotatable bonds is 2. The SMILES string of the molecule is O=C(O)c1cccc(F)c1-c1c(Cl)c(Cl)c(Cl)c(Cl)c1Cl. The van der Waals surface area contributed by atoms with Gasteiger partial charge in [-0.3, -0.25) is 0 Å². The lowest BCUT2D eigenvalue weighted by molar-refractivity contribution is 0.0697. The molecule has 2 aromatic rings. The summed E-state index contributed by atoms with van der Waals surface area (Å²) in [7, 11) is 0. The van der Waals surface area contributed by atoms with Crippen molar-refractivity contribution in [3.8, 4) is 11.1 Å². The van der Waals surface area contributed by atoms with Gasteiger partial charge in [0.1, 0.15) is 5.82 Å². The van der Waals surface area contributed by atoms with Crippen molar-refractivity contribution >= 4 is 64.0 Å². The van der Waals surface area contributed by atoms with Crippen LogP contribution in [0, 0.1) is 5.82 Å². The topological polar surface area (TPSA) is 37.3 Å². The standard InChI is InChI=1S/C13H4Cl5FO2/c14-8-7(9(15)11(17)12(18)10(8)16)6-4(13(20)21)2-1-3-5(6)19/h1-3H,(H,20,21). The number of hydrogen-bond acceptors (Lipinski definition) is 1. The number of carbonyl (C=O) groups is 1. The molecule has 0 atom stereocenters. The largest absolute Gasteiger partial charge is 0.478 e. The van der Waals surface area contributed by atoms with Crippen molar-refractivity contribution in [2.75, 3.05) is 0 Å². The van der Waals surface area contributed by atoms with E-state index in [2.05, 4.69) is 0 Å². The Bertz CT molecular complexity index is 732. The molecule has 8 heteroatoms. The van der Waals surface area contributed by atoms with Gasteiger partial charge in [0, 0.05) is 11.1 Å². The van der Waals surface area contributed by atoms with Crippen molar-refractivity contribution in [2.45, 2.75) is 0 Å². The second-order valence-electron chi connectivity index (χ2n) is 3.91. The van der Waals surface area contributed by atoms with Crippen LogP contribution in [0.25, 0.3) is 11.1 Å². The van der Waals surface area contributed by atoms with Crippen LogP contribution in [-0.4, -0.2) is 11.1 Å². The molecule has 0 unspecified atom stereocenters. The Morgan fingerprint density at radius 3 is 1.81 bits per heavy atom. The molecule has 0 fully saturated rings. The fraction of sp³-hybridized carbons (Fsp3) is 0. The van der Waals surface area contributed by atoms with Crippen molar-refractivity contribution in [2.24, 2.45) is 0 Å². The molecule has 0 aliphatic carbocycles. The summed E-state index contributed by atoms with van der Waals surface area (Å²) in [6, 6.07) is 3.54. The van der Waals surface area contributed by atoms with Gasteiger partial charge in [-0.15, -0.1) is 0 Å². The molecule has 0 saturated carbocycles. The van der Waals surface area contributed by atoms with Gasteiger partial charge in [0.25, 0.3) is 0 Å². The monoisotopic (exact) mass is 386 g/mol. The molecular formula is C13H4Cl5FO2. The van der Waals surface area contributed by atoms with E-state index in [1.807, 2.05) is 0 Å². The zero-order valence-electron chi connectivity index (χ0n) is 9.86. The van der Waals surface area contributed by atoms with Gasteiger partial charge in [0.15, 0.2) is 0 Å². The molecule has 0 amide bonds. The number of benzene rings is 2. The molecule has 0 aromatic heterocycles. The molecule has 0 spiro atoms. The van der Waals surface area contributed by atoms with Crippen LogP contribution in [0.1, 0.15) is 10.4 Å². The minimum absolute atomic E-state index is 0.0923. The van der Waals surface area contributed by atoms with Crippen molar-refractivity contribution in [3.63, 3.8) is 0 Å². The maximum absolute atomic E-state index is 14.1. The van der Waals surface area contributed by atoms with Crippen LogP contribution in [0.5, 0.6) is 0 Å². The summed E-state index contributed by atoms with van der Waals surface area (Å²) in [6.07, 6.45) is 0. The van der Waals surface area contributed by atoms with Gasteiger partial charge in [0.2, 0.25) is 0 Å². The summed E-state index contributed by atoms with van der Waals surface area (Å²) in [5.41, 5.74) is -0.748. The van der Waals surface area contributed by atoms with Crippen molar-refractivity contribution in [1.29, 1.82) is 0 Å². The summed E-state index contributed by atoms with van der Waals surface area (Å²) in [5, 5.41) is 8.46.